The zero-order valence-electron chi connectivity index (χ0n) is 14.5. The highest BCUT2D eigenvalue weighted by atomic mass is 16.5. The van der Waals surface area contributed by atoms with Gasteiger partial charge < -0.3 is 15.4 Å². The summed E-state index contributed by atoms with van der Waals surface area (Å²) in [6.45, 7) is 0.745. The van der Waals surface area contributed by atoms with Gasteiger partial charge in [-0.15, -0.1) is 0 Å². The monoisotopic (exact) mass is 342 g/mol. The Balaban J connectivity index is 1.59. The smallest absolute Gasteiger partial charge is 0.255 e. The summed E-state index contributed by atoms with van der Waals surface area (Å²) in [7, 11) is 0. The first-order valence-electron chi connectivity index (χ1n) is 9.13. The van der Waals surface area contributed by atoms with Crippen LogP contribution in [-0.2, 0) is 9.59 Å². The molecule has 1 aromatic rings. The van der Waals surface area contributed by atoms with E-state index in [1.54, 1.807) is 18.2 Å². The number of ether oxygens (including phenoxy) is 1. The van der Waals surface area contributed by atoms with Crippen molar-refractivity contribution in [2.75, 3.05) is 13.2 Å². The molecule has 25 heavy (non-hydrogen) atoms. The van der Waals surface area contributed by atoms with Gasteiger partial charge in [-0.05, 0) is 55.4 Å². The number of carbonyl (C=O) groups is 2. The van der Waals surface area contributed by atoms with Crippen molar-refractivity contribution >= 4 is 17.9 Å². The molecular formula is C20H26N2O3. The van der Waals surface area contributed by atoms with Crippen molar-refractivity contribution in [1.29, 1.82) is 0 Å². The molecule has 1 aliphatic heterocycles. The normalized spacial score (nSPS) is 23.3. The SMILES string of the molecule is NC(=O)COc1ccc(C=CC(=O)N2CCCC3CCCCC32)cc1. The van der Waals surface area contributed by atoms with Crippen LogP contribution in [0.3, 0.4) is 0 Å². The predicted molar refractivity (Wildman–Crippen MR) is 96.9 cm³/mol. The number of nitrogens with zero attached hydrogens (tertiary/aromatic N) is 1. The van der Waals surface area contributed by atoms with E-state index >= 15 is 0 Å². The highest BCUT2D eigenvalue weighted by Gasteiger charge is 2.34. The van der Waals surface area contributed by atoms with E-state index in [0.29, 0.717) is 17.7 Å². The Morgan fingerprint density at radius 2 is 1.84 bits per heavy atom. The fourth-order valence-electron chi connectivity index (χ4n) is 3.99. The molecule has 2 N–H and O–H groups in total. The van der Waals surface area contributed by atoms with Crippen LogP contribution in [-0.4, -0.2) is 35.9 Å². The second kappa shape index (κ2) is 8.19. The lowest BCUT2D eigenvalue weighted by Crippen LogP contribution is -2.49. The highest BCUT2D eigenvalue weighted by Crippen LogP contribution is 2.35. The Kier molecular flexibility index (Phi) is 5.74. The van der Waals surface area contributed by atoms with Gasteiger partial charge in [0.05, 0.1) is 0 Å². The van der Waals surface area contributed by atoms with Crippen LogP contribution < -0.4 is 10.5 Å². The standard InChI is InChI=1S/C20H26N2O3/c21-19(23)14-25-17-10-7-15(8-11-17)9-12-20(24)22-13-3-5-16-4-1-2-6-18(16)22/h7-12,16,18H,1-6,13-14H2,(H2,21,23). The van der Waals surface area contributed by atoms with E-state index in [1.165, 1.54) is 25.7 Å². The minimum absolute atomic E-state index is 0.116. The molecule has 0 aromatic heterocycles. The number of rotatable bonds is 5. The number of nitrogens with two attached hydrogens (primary N) is 1. The lowest BCUT2D eigenvalue weighted by molar-refractivity contribution is -0.132. The minimum Gasteiger partial charge on any atom is -0.484 e. The van der Waals surface area contributed by atoms with E-state index in [0.717, 1.165) is 24.9 Å². The number of fused-ring (bicyclic) bond motifs is 1. The quantitative estimate of drug-likeness (QED) is 0.836. The molecule has 1 aliphatic carbocycles. The van der Waals surface area contributed by atoms with E-state index in [-0.39, 0.29) is 12.5 Å². The number of carbonyl (C=O) groups excluding carboxylic acids is 2. The summed E-state index contributed by atoms with van der Waals surface area (Å²) in [5, 5.41) is 0. The second-order valence-corrected chi connectivity index (χ2v) is 6.94. The third kappa shape index (κ3) is 4.62. The number of benzene rings is 1. The Bertz CT molecular complexity index is 637. The van der Waals surface area contributed by atoms with Crippen LogP contribution in [0.4, 0.5) is 0 Å². The van der Waals surface area contributed by atoms with E-state index in [2.05, 4.69) is 4.90 Å². The Morgan fingerprint density at radius 3 is 2.60 bits per heavy atom. The molecule has 0 radical (unpaired) electrons. The molecular weight excluding hydrogens is 316 g/mol. The fourth-order valence-corrected chi connectivity index (χ4v) is 3.99. The zero-order valence-corrected chi connectivity index (χ0v) is 14.5. The van der Waals surface area contributed by atoms with Crippen LogP contribution in [0.1, 0.15) is 44.1 Å². The van der Waals surface area contributed by atoms with Crippen LogP contribution in [0, 0.1) is 5.92 Å². The molecule has 1 aromatic carbocycles. The van der Waals surface area contributed by atoms with Gasteiger partial charge in [0.25, 0.3) is 5.91 Å². The van der Waals surface area contributed by atoms with E-state index in [1.807, 2.05) is 18.2 Å². The largest absolute Gasteiger partial charge is 0.484 e. The first-order valence-corrected chi connectivity index (χ1v) is 9.13. The van der Waals surface area contributed by atoms with Crippen LogP contribution >= 0.6 is 0 Å². The molecule has 2 amide bonds. The van der Waals surface area contributed by atoms with Crippen LogP contribution in [0.2, 0.25) is 0 Å². The molecule has 0 bridgehead atoms. The summed E-state index contributed by atoms with van der Waals surface area (Å²) in [4.78, 5) is 25.4. The molecule has 5 heteroatoms. The highest BCUT2D eigenvalue weighted by molar-refractivity contribution is 5.92. The average Bonchev–Trinajstić information content (AvgIpc) is 2.64. The zero-order chi connectivity index (χ0) is 17.6. The van der Waals surface area contributed by atoms with Crippen LogP contribution in [0.25, 0.3) is 6.08 Å². The Labute approximate surface area is 148 Å². The summed E-state index contributed by atoms with van der Waals surface area (Å²) < 4.78 is 5.23. The summed E-state index contributed by atoms with van der Waals surface area (Å²) in [5.41, 5.74) is 5.98. The number of hydrogen-bond acceptors (Lipinski definition) is 3. The number of likely N-dealkylation sites (tertiary alicyclic amines) is 1. The molecule has 1 heterocycles. The van der Waals surface area contributed by atoms with Gasteiger partial charge in [0.15, 0.2) is 6.61 Å². The summed E-state index contributed by atoms with van der Waals surface area (Å²) >= 11 is 0. The topological polar surface area (TPSA) is 72.6 Å². The van der Waals surface area contributed by atoms with Gasteiger partial charge in [-0.25, -0.2) is 0 Å². The number of piperidine rings is 1. The molecule has 1 saturated heterocycles. The second-order valence-electron chi connectivity index (χ2n) is 6.94. The Hall–Kier alpha value is -2.30. The third-order valence-corrected chi connectivity index (χ3v) is 5.21. The number of primary amides is 1. The lowest BCUT2D eigenvalue weighted by atomic mass is 9.78. The van der Waals surface area contributed by atoms with E-state index < -0.39 is 5.91 Å². The maximum atomic E-state index is 12.6. The van der Waals surface area contributed by atoms with Crippen molar-refractivity contribution in [2.45, 2.75) is 44.6 Å². The Morgan fingerprint density at radius 1 is 1.12 bits per heavy atom. The fraction of sp³-hybridized carbons (Fsp3) is 0.500. The van der Waals surface area contributed by atoms with E-state index in [4.69, 9.17) is 10.5 Å². The van der Waals surface area contributed by atoms with Crippen molar-refractivity contribution in [2.24, 2.45) is 11.7 Å². The van der Waals surface area contributed by atoms with Crippen LogP contribution in [0.15, 0.2) is 30.3 Å². The molecule has 2 aliphatic rings. The molecule has 2 unspecified atom stereocenters. The van der Waals surface area contributed by atoms with E-state index in [9.17, 15) is 9.59 Å². The lowest BCUT2D eigenvalue weighted by Gasteiger charge is -2.43. The van der Waals surface area contributed by atoms with Gasteiger partial charge in [0.1, 0.15) is 5.75 Å². The maximum Gasteiger partial charge on any atom is 0.255 e. The van der Waals surface area contributed by atoms with Gasteiger partial charge in [0, 0.05) is 18.7 Å². The van der Waals surface area contributed by atoms with Gasteiger partial charge in [-0.2, -0.15) is 0 Å². The van der Waals surface area contributed by atoms with Crippen molar-refractivity contribution in [3.63, 3.8) is 0 Å². The van der Waals surface area contributed by atoms with Crippen molar-refractivity contribution < 1.29 is 14.3 Å². The number of amides is 2. The summed E-state index contributed by atoms with van der Waals surface area (Å²) in [6, 6.07) is 7.69. The van der Waals surface area contributed by atoms with Gasteiger partial charge >= 0.3 is 0 Å². The predicted octanol–water partition coefficient (Wildman–Crippen LogP) is 2.75. The molecule has 3 rings (SSSR count). The number of hydrogen-bond donors (Lipinski definition) is 1. The minimum atomic E-state index is -0.503. The maximum absolute atomic E-state index is 12.6. The van der Waals surface area contributed by atoms with Crippen molar-refractivity contribution in [3.8, 4) is 5.75 Å². The third-order valence-electron chi connectivity index (χ3n) is 5.21. The molecule has 134 valence electrons. The molecule has 0 spiro atoms. The van der Waals surface area contributed by atoms with Crippen molar-refractivity contribution in [1.82, 2.24) is 4.90 Å². The molecule has 2 fully saturated rings. The van der Waals surface area contributed by atoms with Gasteiger partial charge in [-0.3, -0.25) is 9.59 Å². The summed E-state index contributed by atoms with van der Waals surface area (Å²) in [5.74, 6) is 0.896. The van der Waals surface area contributed by atoms with Gasteiger partial charge in [-0.1, -0.05) is 25.0 Å². The molecule has 5 nitrogen and oxygen atoms in total. The molecule has 2 atom stereocenters. The summed E-state index contributed by atoms with van der Waals surface area (Å²) in [6.07, 6.45) is 10.9. The first kappa shape index (κ1) is 17.5. The van der Waals surface area contributed by atoms with Gasteiger partial charge in [0.2, 0.25) is 5.91 Å². The average molecular weight is 342 g/mol. The molecule has 1 saturated carbocycles. The van der Waals surface area contributed by atoms with Crippen LogP contribution in [0.5, 0.6) is 5.75 Å². The first-order chi connectivity index (χ1) is 12.1. The van der Waals surface area contributed by atoms with Crippen molar-refractivity contribution in [3.05, 3.63) is 35.9 Å².